The second kappa shape index (κ2) is 7.72. The average Bonchev–Trinajstić information content (AvgIpc) is 2.53. The Morgan fingerprint density at radius 2 is 1.83 bits per heavy atom. The van der Waals surface area contributed by atoms with Crippen LogP contribution in [0.3, 0.4) is 0 Å². The van der Waals surface area contributed by atoms with E-state index >= 15 is 0 Å². The molecule has 0 radical (unpaired) electrons. The van der Waals surface area contributed by atoms with Gasteiger partial charge in [0.25, 0.3) is 5.91 Å². The lowest BCUT2D eigenvalue weighted by Crippen LogP contribution is -2.25. The van der Waals surface area contributed by atoms with Gasteiger partial charge in [-0.1, -0.05) is 6.07 Å². The summed E-state index contributed by atoms with van der Waals surface area (Å²) in [6.07, 6.45) is 4.49. The fourth-order valence-electron chi connectivity index (χ4n) is 1.82. The van der Waals surface area contributed by atoms with Crippen molar-refractivity contribution in [3.8, 4) is 11.8 Å². The fraction of sp³-hybridized carbons (Fsp3) is 0.412. The maximum Gasteiger partial charge on any atom is 0.271 e. The van der Waals surface area contributed by atoms with Gasteiger partial charge in [-0.3, -0.25) is 4.79 Å². The van der Waals surface area contributed by atoms with Crippen LogP contribution in [-0.2, 0) is 6.54 Å². The Labute approximate surface area is 141 Å². The lowest BCUT2D eigenvalue weighted by Gasteiger charge is -2.20. The molecule has 1 amide bonds. The molecule has 0 saturated heterocycles. The zero-order valence-corrected chi connectivity index (χ0v) is 14.4. The van der Waals surface area contributed by atoms with Crippen LogP contribution in [0.1, 0.15) is 43.7 Å². The predicted molar refractivity (Wildman–Crippen MR) is 89.0 cm³/mol. The maximum atomic E-state index is 12.0. The molecule has 2 aromatic heterocycles. The Hall–Kier alpha value is -2.70. The number of carbonyl (C=O) groups is 1. The van der Waals surface area contributed by atoms with Crippen molar-refractivity contribution in [3.63, 3.8) is 0 Å². The zero-order chi connectivity index (χ0) is 17.6. The van der Waals surface area contributed by atoms with Crippen molar-refractivity contribution in [3.05, 3.63) is 42.0 Å². The standard InChI is InChI=1S/C17H22N4O3/c1-5-23-15-11-18-13(10-20-15)16(22)21-9-12-6-7-14(19-8-12)24-17(2,3)4/h6-8,10-11H,5,9H2,1-4H3,(H,21,22). The molecule has 2 aromatic rings. The van der Waals surface area contributed by atoms with Gasteiger partial charge < -0.3 is 14.8 Å². The number of hydrogen-bond acceptors (Lipinski definition) is 6. The van der Waals surface area contributed by atoms with Gasteiger partial charge in [0.05, 0.1) is 19.0 Å². The van der Waals surface area contributed by atoms with Crippen LogP contribution in [0.15, 0.2) is 30.7 Å². The molecule has 7 heteroatoms. The van der Waals surface area contributed by atoms with E-state index in [2.05, 4.69) is 20.3 Å². The Balaban J connectivity index is 1.89. The summed E-state index contributed by atoms with van der Waals surface area (Å²) in [4.78, 5) is 24.3. The molecular formula is C17H22N4O3. The summed E-state index contributed by atoms with van der Waals surface area (Å²) in [5.74, 6) is 0.642. The van der Waals surface area contributed by atoms with Crippen molar-refractivity contribution in [1.29, 1.82) is 0 Å². The molecule has 7 nitrogen and oxygen atoms in total. The van der Waals surface area contributed by atoms with Gasteiger partial charge in [0.15, 0.2) is 0 Å². The molecule has 0 saturated carbocycles. The highest BCUT2D eigenvalue weighted by Gasteiger charge is 2.12. The number of ether oxygens (including phenoxy) is 2. The molecule has 0 aliphatic rings. The molecule has 0 unspecified atom stereocenters. The first-order chi connectivity index (χ1) is 11.4. The molecule has 128 valence electrons. The van der Waals surface area contributed by atoms with Gasteiger partial charge in [-0.15, -0.1) is 0 Å². The quantitative estimate of drug-likeness (QED) is 0.875. The zero-order valence-electron chi connectivity index (χ0n) is 14.4. The minimum absolute atomic E-state index is 0.235. The van der Waals surface area contributed by atoms with Crippen molar-refractivity contribution in [1.82, 2.24) is 20.3 Å². The third kappa shape index (κ3) is 5.49. The summed E-state index contributed by atoms with van der Waals surface area (Å²) in [7, 11) is 0. The van der Waals surface area contributed by atoms with E-state index in [0.717, 1.165) is 5.56 Å². The number of carbonyl (C=O) groups excluding carboxylic acids is 1. The Kier molecular flexibility index (Phi) is 5.68. The second-order valence-corrected chi connectivity index (χ2v) is 6.07. The second-order valence-electron chi connectivity index (χ2n) is 6.07. The fourth-order valence-corrected chi connectivity index (χ4v) is 1.82. The third-order valence-electron chi connectivity index (χ3n) is 2.81. The number of hydrogen-bond donors (Lipinski definition) is 1. The van der Waals surface area contributed by atoms with E-state index in [9.17, 15) is 4.79 Å². The Morgan fingerprint density at radius 3 is 2.38 bits per heavy atom. The maximum absolute atomic E-state index is 12.0. The van der Waals surface area contributed by atoms with E-state index in [-0.39, 0.29) is 17.2 Å². The molecule has 24 heavy (non-hydrogen) atoms. The summed E-state index contributed by atoms with van der Waals surface area (Å²) in [6, 6.07) is 3.64. The lowest BCUT2D eigenvalue weighted by molar-refractivity contribution is 0.0945. The van der Waals surface area contributed by atoms with E-state index in [0.29, 0.717) is 24.9 Å². The van der Waals surface area contributed by atoms with E-state index < -0.39 is 0 Å². The van der Waals surface area contributed by atoms with Crippen LogP contribution in [0.4, 0.5) is 0 Å². The molecule has 0 spiro atoms. The number of pyridine rings is 1. The molecule has 0 aliphatic carbocycles. The number of nitrogens with one attached hydrogen (secondary N) is 1. The molecule has 2 rings (SSSR count). The topological polar surface area (TPSA) is 86.2 Å². The van der Waals surface area contributed by atoms with Crippen molar-refractivity contribution in [2.24, 2.45) is 0 Å². The smallest absolute Gasteiger partial charge is 0.271 e. The minimum Gasteiger partial charge on any atom is -0.477 e. The Morgan fingerprint density at radius 1 is 1.08 bits per heavy atom. The molecular weight excluding hydrogens is 308 g/mol. The van der Waals surface area contributed by atoms with Crippen molar-refractivity contribution >= 4 is 5.91 Å². The van der Waals surface area contributed by atoms with Crippen LogP contribution in [0.25, 0.3) is 0 Å². The van der Waals surface area contributed by atoms with Gasteiger partial charge in [-0.2, -0.15) is 0 Å². The monoisotopic (exact) mass is 330 g/mol. The van der Waals surface area contributed by atoms with E-state index in [1.54, 1.807) is 12.3 Å². The van der Waals surface area contributed by atoms with Crippen LogP contribution in [-0.4, -0.2) is 33.1 Å². The first kappa shape index (κ1) is 17.7. The molecule has 0 aliphatic heterocycles. The molecule has 0 bridgehead atoms. The minimum atomic E-state index is -0.305. The highest BCUT2D eigenvalue weighted by Crippen LogP contribution is 2.15. The summed E-state index contributed by atoms with van der Waals surface area (Å²) < 4.78 is 10.8. The highest BCUT2D eigenvalue weighted by atomic mass is 16.5. The van der Waals surface area contributed by atoms with Crippen LogP contribution in [0, 0.1) is 0 Å². The van der Waals surface area contributed by atoms with Crippen LogP contribution < -0.4 is 14.8 Å². The summed E-state index contributed by atoms with van der Waals surface area (Å²) in [5, 5.41) is 2.77. The van der Waals surface area contributed by atoms with Gasteiger partial charge in [-0.25, -0.2) is 15.0 Å². The van der Waals surface area contributed by atoms with E-state index in [4.69, 9.17) is 9.47 Å². The molecule has 1 N–H and O–H groups in total. The highest BCUT2D eigenvalue weighted by molar-refractivity contribution is 5.91. The number of aromatic nitrogens is 3. The van der Waals surface area contributed by atoms with Gasteiger partial charge in [0.2, 0.25) is 11.8 Å². The first-order valence-electron chi connectivity index (χ1n) is 7.74. The number of nitrogens with zero attached hydrogens (tertiary/aromatic N) is 3. The molecule has 2 heterocycles. The van der Waals surface area contributed by atoms with E-state index in [1.165, 1.54) is 12.4 Å². The summed E-state index contributed by atoms with van der Waals surface area (Å²) in [6.45, 7) is 8.58. The molecule has 0 atom stereocenters. The molecule has 0 fully saturated rings. The van der Waals surface area contributed by atoms with E-state index in [1.807, 2.05) is 33.8 Å². The van der Waals surface area contributed by atoms with Gasteiger partial charge in [0, 0.05) is 18.8 Å². The third-order valence-corrected chi connectivity index (χ3v) is 2.81. The average molecular weight is 330 g/mol. The number of amides is 1. The predicted octanol–water partition coefficient (Wildman–Crippen LogP) is 2.38. The van der Waals surface area contributed by atoms with Crippen LogP contribution in [0.2, 0.25) is 0 Å². The SMILES string of the molecule is CCOc1cnc(C(=O)NCc2ccc(OC(C)(C)C)nc2)cn1. The molecule has 0 aromatic carbocycles. The van der Waals surface area contributed by atoms with Gasteiger partial charge in [0.1, 0.15) is 11.3 Å². The van der Waals surface area contributed by atoms with Gasteiger partial charge in [-0.05, 0) is 33.3 Å². The van der Waals surface area contributed by atoms with Gasteiger partial charge >= 0.3 is 0 Å². The normalized spacial score (nSPS) is 11.0. The summed E-state index contributed by atoms with van der Waals surface area (Å²) >= 11 is 0. The van der Waals surface area contributed by atoms with Crippen molar-refractivity contribution < 1.29 is 14.3 Å². The van der Waals surface area contributed by atoms with Crippen LogP contribution in [0.5, 0.6) is 11.8 Å². The first-order valence-corrected chi connectivity index (χ1v) is 7.74. The summed E-state index contributed by atoms with van der Waals surface area (Å²) in [5.41, 5.74) is 0.803. The van der Waals surface area contributed by atoms with Crippen molar-refractivity contribution in [2.75, 3.05) is 6.61 Å². The lowest BCUT2D eigenvalue weighted by atomic mass is 10.2. The number of rotatable bonds is 6. The van der Waals surface area contributed by atoms with Crippen LogP contribution >= 0.6 is 0 Å². The Bertz CT molecular complexity index is 664. The van der Waals surface area contributed by atoms with Crippen molar-refractivity contribution in [2.45, 2.75) is 39.8 Å². The largest absolute Gasteiger partial charge is 0.477 e.